The summed E-state index contributed by atoms with van der Waals surface area (Å²) in [5.74, 6) is 2.79. The second-order valence-corrected chi connectivity index (χ2v) is 21.5. The number of benzene rings is 4. The number of ether oxygens (including phenoxy) is 2. The molecule has 14 nitrogen and oxygen atoms in total. The Hall–Kier alpha value is -6.52. The molecular weight excluding hydrogens is 969 g/mol. The molecule has 0 spiro atoms. The maximum atomic E-state index is 13.9. The molecule has 4 bridgehead atoms. The molecule has 388 valence electrons. The van der Waals surface area contributed by atoms with Gasteiger partial charge in [0.25, 0.3) is 0 Å². The summed E-state index contributed by atoms with van der Waals surface area (Å²) >= 11 is 3.28. The molecule has 16 heteroatoms. The number of methoxy groups -OCH3 is 2. The highest BCUT2D eigenvalue weighted by molar-refractivity contribution is 7.98. The largest absolute Gasteiger partial charge is 0.453 e. The number of amides is 4. The quantitative estimate of drug-likeness (QED) is 0.0730. The minimum atomic E-state index is -0.660. The van der Waals surface area contributed by atoms with Gasteiger partial charge in [0.1, 0.15) is 23.7 Å². The Labute approximate surface area is 443 Å². The third-order valence-electron chi connectivity index (χ3n) is 14.9. The molecular formula is C58H68N8O6S2. The van der Waals surface area contributed by atoms with Crippen LogP contribution < -0.4 is 10.6 Å². The Balaban J connectivity index is 0.873. The summed E-state index contributed by atoms with van der Waals surface area (Å²) in [6.45, 7) is 1.22. The Morgan fingerprint density at radius 2 is 0.986 bits per heavy atom. The number of nitrogens with one attached hydrogen (secondary N) is 4. The Morgan fingerprint density at radius 3 is 1.38 bits per heavy atom. The van der Waals surface area contributed by atoms with Gasteiger partial charge >= 0.3 is 12.2 Å². The topological polar surface area (TPSA) is 175 Å². The molecule has 4 heterocycles. The normalized spacial score (nSPS) is 17.5. The zero-order chi connectivity index (χ0) is 51.6. The molecule has 2 fully saturated rings. The molecule has 0 saturated carbocycles. The number of H-pyrrole nitrogens is 2. The van der Waals surface area contributed by atoms with Crippen molar-refractivity contribution in [2.75, 3.05) is 51.3 Å². The van der Waals surface area contributed by atoms with Crippen molar-refractivity contribution in [2.45, 2.75) is 101 Å². The fourth-order valence-electron chi connectivity index (χ4n) is 10.8. The van der Waals surface area contributed by atoms with Crippen LogP contribution in [-0.4, -0.2) is 117 Å². The molecule has 4 aliphatic carbocycles. The van der Waals surface area contributed by atoms with Gasteiger partial charge in [0, 0.05) is 13.1 Å². The number of thioether (sulfide) groups is 2. The predicted molar refractivity (Wildman–Crippen MR) is 295 cm³/mol. The smallest absolute Gasteiger partial charge is 0.407 e. The van der Waals surface area contributed by atoms with Crippen molar-refractivity contribution in [1.29, 1.82) is 0 Å². The average Bonchev–Trinajstić information content (AvgIpc) is 4.15. The number of alkyl carbamates (subject to hydrolysis) is 2. The van der Waals surface area contributed by atoms with Crippen LogP contribution in [0, 0.1) is 0 Å². The van der Waals surface area contributed by atoms with Gasteiger partial charge in [0.15, 0.2) is 0 Å². The maximum absolute atomic E-state index is 13.9. The standard InChI is InChI=1S/C58H68N8O6S2/c1-71-57(69)63-47(27-31-73-3)55(67)65-29-7-5-9-51(65)53-59-35-49(61-53)43-23-19-41(20-24-43)45-33-37-11-15-39(45)17-13-38-12-16-40(18-14-37)46(34-38)42-21-25-44(26-22-42)50-36-60-54(62-50)52-10-6-8-30-66(52)56(68)48(28-32-74-4)64-58(70)72-2/h11-12,15-16,19-26,33-36,47-48,51-52H,5-10,13-14,17-18,27-32H2,1-4H3,(H,59,61)(H,60,62)(H,63,69)(H,64,70)/t47-,48-,51-,52-/m0/s1. The lowest BCUT2D eigenvalue weighted by Crippen LogP contribution is -2.51. The molecule has 2 aliphatic heterocycles. The van der Waals surface area contributed by atoms with Gasteiger partial charge in [-0.05, 0) is 157 Å². The number of aromatic amines is 2. The molecule has 0 radical (unpaired) electrons. The van der Waals surface area contributed by atoms with Gasteiger partial charge in [-0.3, -0.25) is 9.59 Å². The summed E-state index contributed by atoms with van der Waals surface area (Å²) in [7, 11) is 2.63. The van der Waals surface area contributed by atoms with Crippen LogP contribution in [0.15, 0.2) is 97.3 Å². The number of aryl methyl sites for hydroxylation is 4. The molecule has 74 heavy (non-hydrogen) atoms. The molecule has 6 aliphatic rings. The first-order valence-corrected chi connectivity index (χ1v) is 28.8. The number of imidazole rings is 2. The van der Waals surface area contributed by atoms with Crippen molar-refractivity contribution in [1.82, 2.24) is 40.4 Å². The Bertz CT molecular complexity index is 2710. The Kier molecular flexibility index (Phi) is 17.5. The highest BCUT2D eigenvalue weighted by atomic mass is 32.2. The second kappa shape index (κ2) is 24.7. The van der Waals surface area contributed by atoms with E-state index in [-0.39, 0.29) is 23.9 Å². The Morgan fingerprint density at radius 1 is 0.581 bits per heavy atom. The van der Waals surface area contributed by atoms with Crippen LogP contribution in [0.2, 0.25) is 0 Å². The first kappa shape index (κ1) is 52.3. The molecule has 6 aromatic rings. The number of nitrogens with zero attached hydrogens (tertiary/aromatic N) is 4. The van der Waals surface area contributed by atoms with Crippen LogP contribution in [0.1, 0.15) is 97.4 Å². The van der Waals surface area contributed by atoms with Crippen LogP contribution >= 0.6 is 23.5 Å². The number of carbonyl (C=O) groups is 4. The number of piperidine rings is 2. The van der Waals surface area contributed by atoms with E-state index in [1.165, 1.54) is 58.7 Å². The van der Waals surface area contributed by atoms with E-state index in [4.69, 9.17) is 19.4 Å². The van der Waals surface area contributed by atoms with Gasteiger partial charge in [-0.2, -0.15) is 23.5 Å². The number of hydrogen-bond donors (Lipinski definition) is 4. The van der Waals surface area contributed by atoms with E-state index in [0.29, 0.717) is 25.9 Å². The second-order valence-electron chi connectivity index (χ2n) is 19.5. The van der Waals surface area contributed by atoms with Crippen molar-refractivity contribution in [3.63, 3.8) is 0 Å². The van der Waals surface area contributed by atoms with Gasteiger partial charge in [-0.15, -0.1) is 0 Å². The van der Waals surface area contributed by atoms with Crippen LogP contribution in [0.25, 0.3) is 44.8 Å². The zero-order valence-corrected chi connectivity index (χ0v) is 44.5. The number of aromatic nitrogens is 4. The van der Waals surface area contributed by atoms with Crippen molar-refractivity contribution in [3.05, 3.63) is 131 Å². The number of carbonyl (C=O) groups excluding carboxylic acids is 4. The van der Waals surface area contributed by atoms with E-state index in [1.807, 2.05) is 34.7 Å². The third kappa shape index (κ3) is 12.2. The monoisotopic (exact) mass is 1040 g/mol. The fraction of sp³-hybridized carbons (Fsp3) is 0.414. The van der Waals surface area contributed by atoms with Crippen LogP contribution in [0.4, 0.5) is 9.59 Å². The molecule has 2 aromatic heterocycles. The van der Waals surface area contributed by atoms with E-state index < -0.39 is 24.3 Å². The van der Waals surface area contributed by atoms with Gasteiger partial charge in [-0.25, -0.2) is 19.6 Å². The fourth-order valence-corrected chi connectivity index (χ4v) is 11.7. The van der Waals surface area contributed by atoms with Crippen molar-refractivity contribution in [3.8, 4) is 44.8 Å². The van der Waals surface area contributed by atoms with Crippen LogP contribution in [0.5, 0.6) is 0 Å². The summed E-state index contributed by atoms with van der Waals surface area (Å²) in [6, 6.07) is 29.7. The molecule has 0 unspecified atom stereocenters. The predicted octanol–water partition coefficient (Wildman–Crippen LogP) is 10.7. The van der Waals surface area contributed by atoms with E-state index in [9.17, 15) is 19.2 Å². The zero-order valence-electron chi connectivity index (χ0n) is 42.9. The molecule has 4 aromatic carbocycles. The van der Waals surface area contributed by atoms with Crippen molar-refractivity contribution < 1.29 is 28.7 Å². The number of likely N-dealkylation sites (tertiary alicyclic amines) is 2. The first-order valence-electron chi connectivity index (χ1n) is 26.0. The van der Waals surface area contributed by atoms with E-state index in [2.05, 4.69) is 106 Å². The lowest BCUT2D eigenvalue weighted by atomic mass is 9.87. The van der Waals surface area contributed by atoms with Gasteiger partial charge in [0.05, 0.1) is 50.1 Å². The molecule has 4 amide bonds. The SMILES string of the molecule is COC(=O)N[C@@H](CCSC)C(=O)N1CCCC[C@H]1c1ncc(-c2ccc(-c3cc4ccc3CCc3ccc(c(-c5ccc(-c6cnc([C@@H]7CCCCN7C(=O)[C@H](CCSC)NC(=O)OC)[nH]6)cc5)c3)CC4)cc2)[nH]1. The summed E-state index contributed by atoms with van der Waals surface area (Å²) in [5.41, 5.74) is 13.9. The maximum Gasteiger partial charge on any atom is 0.407 e. The van der Waals surface area contributed by atoms with Crippen LogP contribution in [0.3, 0.4) is 0 Å². The van der Waals surface area contributed by atoms with Crippen LogP contribution in [-0.2, 0) is 44.7 Å². The summed E-state index contributed by atoms with van der Waals surface area (Å²) in [5, 5.41) is 5.54. The lowest BCUT2D eigenvalue weighted by Gasteiger charge is -2.36. The van der Waals surface area contributed by atoms with Crippen molar-refractivity contribution >= 4 is 47.5 Å². The number of hydrogen-bond acceptors (Lipinski definition) is 10. The van der Waals surface area contributed by atoms with E-state index in [0.717, 1.165) is 110 Å². The number of rotatable bonds is 16. The highest BCUT2D eigenvalue weighted by Gasteiger charge is 2.36. The third-order valence-corrected chi connectivity index (χ3v) is 16.2. The highest BCUT2D eigenvalue weighted by Crippen LogP contribution is 2.36. The van der Waals surface area contributed by atoms with Gasteiger partial charge in [0.2, 0.25) is 11.8 Å². The van der Waals surface area contributed by atoms with Gasteiger partial charge in [-0.1, -0.05) is 84.9 Å². The molecule has 4 atom stereocenters. The molecule has 2 saturated heterocycles. The molecule has 12 rings (SSSR count). The van der Waals surface area contributed by atoms with E-state index >= 15 is 0 Å². The van der Waals surface area contributed by atoms with Crippen molar-refractivity contribution in [2.24, 2.45) is 0 Å². The first-order chi connectivity index (χ1) is 36.1. The average molecular weight is 1040 g/mol. The minimum Gasteiger partial charge on any atom is -0.453 e. The molecule has 4 N–H and O–H groups in total. The van der Waals surface area contributed by atoms with Gasteiger partial charge < -0.3 is 39.9 Å². The summed E-state index contributed by atoms with van der Waals surface area (Å²) in [6.07, 6.45) is 16.5. The summed E-state index contributed by atoms with van der Waals surface area (Å²) in [4.78, 5) is 72.7. The van der Waals surface area contributed by atoms with E-state index in [1.54, 1.807) is 23.5 Å². The lowest BCUT2D eigenvalue weighted by molar-refractivity contribution is -0.138. The summed E-state index contributed by atoms with van der Waals surface area (Å²) < 4.78 is 9.70. The minimum absolute atomic E-state index is 0.102.